The number of rotatable bonds is 3. The summed E-state index contributed by atoms with van der Waals surface area (Å²) < 4.78 is 24.6. The molecule has 1 aliphatic heterocycles. The van der Waals surface area contributed by atoms with E-state index in [1.54, 1.807) is 18.9 Å². The second-order valence-electron chi connectivity index (χ2n) is 5.12. The van der Waals surface area contributed by atoms with Crippen molar-refractivity contribution in [3.05, 3.63) is 11.4 Å². The average molecular weight is 300 g/mol. The van der Waals surface area contributed by atoms with E-state index < -0.39 is 9.84 Å². The second-order valence-corrected chi connectivity index (χ2v) is 7.35. The zero-order valence-electron chi connectivity index (χ0n) is 12.0. The maximum Gasteiger partial charge on any atom is 0.274 e. The Labute approximate surface area is 118 Å². The molecule has 112 valence electrons. The standard InChI is InChI=1S/C12H20N4O3S/c1-4-16(9-5-6-20(18,19)7-9)12(17)11-10(13)8(2)14-15(11)3/h9H,4-7,13H2,1-3H3. The largest absolute Gasteiger partial charge is 0.395 e. The molecule has 0 saturated carbocycles. The van der Waals surface area contributed by atoms with Crippen molar-refractivity contribution in [2.75, 3.05) is 23.8 Å². The number of hydrogen-bond acceptors (Lipinski definition) is 5. The summed E-state index contributed by atoms with van der Waals surface area (Å²) in [5, 5.41) is 4.13. The Bertz CT molecular complexity index is 635. The van der Waals surface area contributed by atoms with Gasteiger partial charge in [-0.2, -0.15) is 5.10 Å². The summed E-state index contributed by atoms with van der Waals surface area (Å²) in [6.45, 7) is 4.02. The van der Waals surface area contributed by atoms with Gasteiger partial charge >= 0.3 is 0 Å². The van der Waals surface area contributed by atoms with Gasteiger partial charge in [0.25, 0.3) is 5.91 Å². The lowest BCUT2D eigenvalue weighted by Crippen LogP contribution is -2.42. The minimum Gasteiger partial charge on any atom is -0.395 e. The predicted molar refractivity (Wildman–Crippen MR) is 76.1 cm³/mol. The number of sulfone groups is 1. The number of nitrogens with two attached hydrogens (primary N) is 1. The molecule has 1 aliphatic rings. The lowest BCUT2D eigenvalue weighted by molar-refractivity contribution is 0.0698. The van der Waals surface area contributed by atoms with Crippen molar-refractivity contribution in [1.29, 1.82) is 0 Å². The molecule has 2 heterocycles. The Morgan fingerprint density at radius 2 is 2.20 bits per heavy atom. The van der Waals surface area contributed by atoms with Crippen molar-refractivity contribution in [3.8, 4) is 0 Å². The van der Waals surface area contributed by atoms with E-state index in [4.69, 9.17) is 5.73 Å². The number of aryl methyl sites for hydroxylation is 2. The van der Waals surface area contributed by atoms with Crippen LogP contribution in [0.2, 0.25) is 0 Å². The van der Waals surface area contributed by atoms with Gasteiger partial charge in [-0.3, -0.25) is 9.48 Å². The number of nitrogens with zero attached hydrogens (tertiary/aromatic N) is 3. The summed E-state index contributed by atoms with van der Waals surface area (Å²) in [4.78, 5) is 14.2. The molecule has 20 heavy (non-hydrogen) atoms. The van der Waals surface area contributed by atoms with Gasteiger partial charge in [-0.25, -0.2) is 8.42 Å². The number of carbonyl (C=O) groups excluding carboxylic acids is 1. The quantitative estimate of drug-likeness (QED) is 0.844. The highest BCUT2D eigenvalue weighted by molar-refractivity contribution is 7.91. The Kier molecular flexibility index (Phi) is 3.77. The molecule has 7 nitrogen and oxygen atoms in total. The summed E-state index contributed by atoms with van der Waals surface area (Å²) in [6.07, 6.45) is 0.485. The van der Waals surface area contributed by atoms with Gasteiger partial charge in [-0.15, -0.1) is 0 Å². The van der Waals surface area contributed by atoms with E-state index in [1.807, 2.05) is 6.92 Å². The number of nitrogen functional groups attached to an aromatic ring is 1. The molecule has 1 atom stereocenters. The summed E-state index contributed by atoms with van der Waals surface area (Å²) >= 11 is 0. The molecule has 0 aliphatic carbocycles. The Hall–Kier alpha value is -1.57. The van der Waals surface area contributed by atoms with Crippen LogP contribution in [-0.2, 0) is 16.9 Å². The molecule has 0 aromatic carbocycles. The van der Waals surface area contributed by atoms with Gasteiger partial charge in [-0.1, -0.05) is 0 Å². The SMILES string of the molecule is CCN(C(=O)c1c(N)c(C)nn1C)C1CCS(=O)(=O)C1. The molecule has 2 rings (SSSR count). The van der Waals surface area contributed by atoms with Gasteiger partial charge in [0.05, 0.1) is 22.9 Å². The third-order valence-corrected chi connectivity index (χ3v) is 5.47. The van der Waals surface area contributed by atoms with Crippen molar-refractivity contribution in [3.63, 3.8) is 0 Å². The molecule has 0 radical (unpaired) electrons. The number of carbonyl (C=O) groups is 1. The zero-order valence-corrected chi connectivity index (χ0v) is 12.8. The number of aromatic nitrogens is 2. The van der Waals surface area contributed by atoms with Crippen LogP contribution in [0.25, 0.3) is 0 Å². The maximum absolute atomic E-state index is 12.6. The van der Waals surface area contributed by atoms with Crippen LogP contribution in [-0.4, -0.2) is 53.1 Å². The molecule has 8 heteroatoms. The van der Waals surface area contributed by atoms with E-state index in [-0.39, 0.29) is 23.5 Å². The van der Waals surface area contributed by atoms with Crippen molar-refractivity contribution in [2.45, 2.75) is 26.3 Å². The highest BCUT2D eigenvalue weighted by Gasteiger charge is 2.35. The van der Waals surface area contributed by atoms with Crippen LogP contribution in [0.5, 0.6) is 0 Å². The van der Waals surface area contributed by atoms with Crippen LogP contribution in [0.4, 0.5) is 5.69 Å². The van der Waals surface area contributed by atoms with E-state index in [9.17, 15) is 13.2 Å². The van der Waals surface area contributed by atoms with Gasteiger partial charge in [-0.05, 0) is 20.3 Å². The third-order valence-electron chi connectivity index (χ3n) is 3.72. The van der Waals surface area contributed by atoms with Crippen molar-refractivity contribution in [2.24, 2.45) is 7.05 Å². The van der Waals surface area contributed by atoms with Crippen molar-refractivity contribution < 1.29 is 13.2 Å². The minimum atomic E-state index is -3.03. The first-order valence-electron chi connectivity index (χ1n) is 6.57. The molecule has 1 aromatic rings. The van der Waals surface area contributed by atoms with Gasteiger partial charge in [0.15, 0.2) is 9.84 Å². The first kappa shape index (κ1) is 14.8. The highest BCUT2D eigenvalue weighted by atomic mass is 32.2. The van der Waals surface area contributed by atoms with E-state index in [2.05, 4.69) is 5.10 Å². The molecule has 1 saturated heterocycles. The van der Waals surface area contributed by atoms with Crippen molar-refractivity contribution >= 4 is 21.4 Å². The molecular weight excluding hydrogens is 280 g/mol. The summed E-state index contributed by atoms with van der Waals surface area (Å²) in [5.41, 5.74) is 7.19. The Balaban J connectivity index is 2.31. The van der Waals surface area contributed by atoms with E-state index in [0.717, 1.165) is 0 Å². The first-order chi connectivity index (χ1) is 9.26. The molecule has 2 N–H and O–H groups in total. The summed E-state index contributed by atoms with van der Waals surface area (Å²) in [6, 6.07) is -0.271. The van der Waals surface area contributed by atoms with Crippen LogP contribution >= 0.6 is 0 Å². The van der Waals surface area contributed by atoms with E-state index >= 15 is 0 Å². The van der Waals surface area contributed by atoms with Crippen LogP contribution < -0.4 is 5.73 Å². The molecule has 1 aromatic heterocycles. The number of hydrogen-bond donors (Lipinski definition) is 1. The lowest BCUT2D eigenvalue weighted by atomic mass is 10.2. The third kappa shape index (κ3) is 2.52. The van der Waals surface area contributed by atoms with Crippen molar-refractivity contribution in [1.82, 2.24) is 14.7 Å². The van der Waals surface area contributed by atoms with Crippen LogP contribution in [0.15, 0.2) is 0 Å². The first-order valence-corrected chi connectivity index (χ1v) is 8.39. The number of anilines is 1. The highest BCUT2D eigenvalue weighted by Crippen LogP contribution is 2.23. The van der Waals surface area contributed by atoms with Gasteiger partial charge in [0, 0.05) is 19.6 Å². The van der Waals surface area contributed by atoms with Crippen LogP contribution in [0.3, 0.4) is 0 Å². The van der Waals surface area contributed by atoms with Gasteiger partial charge in [0.2, 0.25) is 0 Å². The molecule has 1 unspecified atom stereocenters. The Morgan fingerprint density at radius 3 is 2.60 bits per heavy atom. The fourth-order valence-electron chi connectivity index (χ4n) is 2.65. The average Bonchev–Trinajstić information content (AvgIpc) is 2.81. The maximum atomic E-state index is 12.6. The molecule has 0 spiro atoms. The molecule has 1 fully saturated rings. The minimum absolute atomic E-state index is 0.0311. The normalized spacial score (nSPS) is 21.1. The predicted octanol–water partition coefficient (Wildman–Crippen LogP) is -0.0401. The van der Waals surface area contributed by atoms with Gasteiger partial charge < -0.3 is 10.6 Å². The summed E-state index contributed by atoms with van der Waals surface area (Å²) in [7, 11) is -1.37. The fraction of sp³-hybridized carbons (Fsp3) is 0.667. The topological polar surface area (TPSA) is 98.3 Å². The van der Waals surface area contributed by atoms with Crippen LogP contribution in [0.1, 0.15) is 29.5 Å². The molecule has 1 amide bonds. The monoisotopic (exact) mass is 300 g/mol. The molecule has 0 bridgehead atoms. The molecular formula is C12H20N4O3S. The second kappa shape index (κ2) is 5.08. The zero-order chi connectivity index (χ0) is 15.1. The smallest absolute Gasteiger partial charge is 0.274 e. The van der Waals surface area contributed by atoms with Gasteiger partial charge in [0.1, 0.15) is 5.69 Å². The van der Waals surface area contributed by atoms with E-state index in [0.29, 0.717) is 30.0 Å². The summed E-state index contributed by atoms with van der Waals surface area (Å²) in [5.74, 6) is -0.0832. The number of amides is 1. The fourth-order valence-corrected chi connectivity index (χ4v) is 4.38. The van der Waals surface area contributed by atoms with E-state index in [1.165, 1.54) is 4.68 Å². The van der Waals surface area contributed by atoms with Crippen LogP contribution in [0, 0.1) is 6.92 Å². The Morgan fingerprint density at radius 1 is 1.55 bits per heavy atom. The lowest BCUT2D eigenvalue weighted by Gasteiger charge is -2.27.